The van der Waals surface area contributed by atoms with Crippen molar-refractivity contribution in [3.63, 3.8) is 0 Å². The molecular formula is C28H28ClNO3. The van der Waals surface area contributed by atoms with Crippen LogP contribution in [0, 0.1) is 0 Å². The number of ether oxygens (including phenoxy) is 1. The third-order valence-electron chi connectivity index (χ3n) is 6.24. The first-order valence-electron chi connectivity index (χ1n) is 11.3. The number of halogens is 1. The van der Waals surface area contributed by atoms with Crippen molar-refractivity contribution in [1.82, 2.24) is 5.32 Å². The Labute approximate surface area is 199 Å². The maximum absolute atomic E-state index is 12.4. The zero-order chi connectivity index (χ0) is 23.4. The number of esters is 1. The van der Waals surface area contributed by atoms with Gasteiger partial charge < -0.3 is 10.1 Å². The molecule has 170 valence electrons. The van der Waals surface area contributed by atoms with E-state index < -0.39 is 5.54 Å². The smallest absolute Gasteiger partial charge is 0.306 e. The van der Waals surface area contributed by atoms with Crippen LogP contribution in [0.1, 0.15) is 48.9 Å². The zero-order valence-corrected chi connectivity index (χ0v) is 19.7. The van der Waals surface area contributed by atoms with Crippen molar-refractivity contribution in [1.29, 1.82) is 0 Å². The lowest BCUT2D eigenvalue weighted by molar-refractivity contribution is -0.143. The van der Waals surface area contributed by atoms with E-state index in [0.717, 1.165) is 34.2 Å². The lowest BCUT2D eigenvalue weighted by Gasteiger charge is -2.33. The highest BCUT2D eigenvalue weighted by Crippen LogP contribution is 2.50. The first kappa shape index (κ1) is 23.1. The number of carbonyl (C=O) groups excluding carboxylic acids is 2. The van der Waals surface area contributed by atoms with Gasteiger partial charge in [0.2, 0.25) is 5.91 Å². The molecule has 1 atom stereocenters. The molecule has 1 amide bonds. The number of hydrogen-bond acceptors (Lipinski definition) is 3. The predicted molar refractivity (Wildman–Crippen MR) is 131 cm³/mol. The minimum Gasteiger partial charge on any atom is -0.466 e. The van der Waals surface area contributed by atoms with Crippen LogP contribution in [-0.4, -0.2) is 18.5 Å². The van der Waals surface area contributed by atoms with E-state index in [9.17, 15) is 9.59 Å². The van der Waals surface area contributed by atoms with E-state index in [2.05, 4.69) is 41.7 Å². The molecule has 33 heavy (non-hydrogen) atoms. The average molecular weight is 462 g/mol. The third-order valence-corrected chi connectivity index (χ3v) is 6.48. The highest BCUT2D eigenvalue weighted by Gasteiger charge is 2.43. The van der Waals surface area contributed by atoms with Crippen LogP contribution < -0.4 is 5.32 Å². The number of benzene rings is 3. The van der Waals surface area contributed by atoms with Crippen molar-refractivity contribution in [3.05, 3.63) is 94.0 Å². The van der Waals surface area contributed by atoms with E-state index in [0.29, 0.717) is 30.9 Å². The summed E-state index contributed by atoms with van der Waals surface area (Å²) in [5.41, 5.74) is 6.02. The SMILES string of the molecule is CCOC(=O)CCc1ccc(CCC2(NC(C)=O)c3ccccc3-c3ccc(Cl)cc32)cc1. The van der Waals surface area contributed by atoms with Gasteiger partial charge in [-0.2, -0.15) is 0 Å². The quantitative estimate of drug-likeness (QED) is 0.429. The van der Waals surface area contributed by atoms with Crippen LogP contribution >= 0.6 is 11.6 Å². The lowest BCUT2D eigenvalue weighted by atomic mass is 9.82. The van der Waals surface area contributed by atoms with Crippen LogP contribution in [0.25, 0.3) is 11.1 Å². The summed E-state index contributed by atoms with van der Waals surface area (Å²) in [6.45, 7) is 3.78. The van der Waals surface area contributed by atoms with Crippen LogP contribution in [0.3, 0.4) is 0 Å². The van der Waals surface area contributed by atoms with Crippen LogP contribution in [-0.2, 0) is 32.7 Å². The Balaban J connectivity index is 1.59. The standard InChI is InChI=1S/C28H28ClNO3/c1-3-33-27(32)15-12-20-8-10-21(11-9-20)16-17-28(30-19(2)31)25-7-5-4-6-23(25)24-14-13-22(29)18-26(24)28/h4-11,13-14,18H,3,12,15-17H2,1-2H3,(H,30,31). The van der Waals surface area contributed by atoms with Gasteiger partial charge in [0, 0.05) is 18.4 Å². The molecule has 0 fully saturated rings. The molecule has 0 spiro atoms. The highest BCUT2D eigenvalue weighted by molar-refractivity contribution is 6.30. The van der Waals surface area contributed by atoms with Gasteiger partial charge >= 0.3 is 5.97 Å². The molecule has 0 bridgehead atoms. The average Bonchev–Trinajstić information content (AvgIpc) is 3.06. The second kappa shape index (κ2) is 9.80. The van der Waals surface area contributed by atoms with Crippen molar-refractivity contribution < 1.29 is 14.3 Å². The molecule has 0 heterocycles. The molecular weight excluding hydrogens is 434 g/mol. The summed E-state index contributed by atoms with van der Waals surface area (Å²) in [6.07, 6.45) is 2.53. The van der Waals surface area contributed by atoms with Gasteiger partial charge in [0.05, 0.1) is 12.1 Å². The zero-order valence-electron chi connectivity index (χ0n) is 19.0. The molecule has 1 unspecified atom stereocenters. The first-order valence-corrected chi connectivity index (χ1v) is 11.7. The van der Waals surface area contributed by atoms with Crippen LogP contribution in [0.15, 0.2) is 66.7 Å². The summed E-state index contributed by atoms with van der Waals surface area (Å²) < 4.78 is 5.01. The normalized spacial score (nSPS) is 16.1. The van der Waals surface area contributed by atoms with Crippen molar-refractivity contribution in [3.8, 4) is 11.1 Å². The van der Waals surface area contributed by atoms with Gasteiger partial charge in [0.25, 0.3) is 0 Å². The summed E-state index contributed by atoms with van der Waals surface area (Å²) in [5.74, 6) is -0.247. The second-order valence-corrected chi connectivity index (χ2v) is 8.88. The number of nitrogens with one attached hydrogen (secondary N) is 1. The number of hydrogen-bond donors (Lipinski definition) is 1. The van der Waals surface area contributed by atoms with E-state index in [-0.39, 0.29) is 11.9 Å². The molecule has 1 N–H and O–H groups in total. The molecule has 0 saturated carbocycles. The van der Waals surface area contributed by atoms with Gasteiger partial charge in [-0.15, -0.1) is 0 Å². The van der Waals surface area contributed by atoms with E-state index in [4.69, 9.17) is 16.3 Å². The van der Waals surface area contributed by atoms with Crippen molar-refractivity contribution in [2.45, 2.75) is 45.1 Å². The van der Waals surface area contributed by atoms with Crippen LogP contribution in [0.2, 0.25) is 5.02 Å². The summed E-state index contributed by atoms with van der Waals surface area (Å²) in [6, 6.07) is 22.5. The van der Waals surface area contributed by atoms with Crippen molar-refractivity contribution >= 4 is 23.5 Å². The van der Waals surface area contributed by atoms with Gasteiger partial charge in [-0.05, 0) is 71.7 Å². The fourth-order valence-electron chi connectivity index (χ4n) is 4.79. The number of aryl methyl sites for hydroxylation is 2. The molecule has 5 heteroatoms. The number of fused-ring (bicyclic) bond motifs is 3. The monoisotopic (exact) mass is 461 g/mol. The third kappa shape index (κ3) is 4.81. The Kier molecular flexibility index (Phi) is 6.85. The number of amides is 1. The predicted octanol–water partition coefficient (Wildman–Crippen LogP) is 5.83. The molecule has 4 rings (SSSR count). The number of carbonyl (C=O) groups is 2. The van der Waals surface area contributed by atoms with E-state index in [1.807, 2.05) is 37.3 Å². The molecule has 3 aromatic carbocycles. The topological polar surface area (TPSA) is 55.4 Å². The Hall–Kier alpha value is -3.11. The Morgan fingerprint density at radius 3 is 2.27 bits per heavy atom. The maximum Gasteiger partial charge on any atom is 0.306 e. The molecule has 1 aliphatic rings. The molecule has 4 nitrogen and oxygen atoms in total. The fourth-order valence-corrected chi connectivity index (χ4v) is 4.96. The minimum absolute atomic E-state index is 0.0769. The molecule has 0 aromatic heterocycles. The van der Waals surface area contributed by atoms with Gasteiger partial charge in [-0.25, -0.2) is 0 Å². The minimum atomic E-state index is -0.634. The van der Waals surface area contributed by atoms with Gasteiger partial charge in [0.1, 0.15) is 0 Å². The Bertz CT molecular complexity index is 1170. The summed E-state index contributed by atoms with van der Waals surface area (Å²) >= 11 is 6.39. The summed E-state index contributed by atoms with van der Waals surface area (Å²) in [7, 11) is 0. The fraction of sp³-hybridized carbons (Fsp3) is 0.286. The molecule has 3 aromatic rings. The van der Waals surface area contributed by atoms with Crippen LogP contribution in [0.4, 0.5) is 0 Å². The van der Waals surface area contributed by atoms with Crippen molar-refractivity contribution in [2.75, 3.05) is 6.61 Å². The second-order valence-electron chi connectivity index (χ2n) is 8.44. The highest BCUT2D eigenvalue weighted by atomic mass is 35.5. The summed E-state index contributed by atoms with van der Waals surface area (Å²) in [4.78, 5) is 24.0. The molecule has 0 radical (unpaired) electrons. The number of rotatable bonds is 8. The molecule has 0 aliphatic heterocycles. The maximum atomic E-state index is 12.4. The van der Waals surface area contributed by atoms with Crippen LogP contribution in [0.5, 0.6) is 0 Å². The Morgan fingerprint density at radius 1 is 0.909 bits per heavy atom. The molecule has 1 aliphatic carbocycles. The van der Waals surface area contributed by atoms with Gasteiger partial charge in [-0.1, -0.05) is 66.2 Å². The summed E-state index contributed by atoms with van der Waals surface area (Å²) in [5, 5.41) is 3.93. The van der Waals surface area contributed by atoms with Gasteiger partial charge in [0.15, 0.2) is 0 Å². The molecule has 0 saturated heterocycles. The van der Waals surface area contributed by atoms with E-state index >= 15 is 0 Å². The van der Waals surface area contributed by atoms with E-state index in [1.165, 1.54) is 5.56 Å². The Morgan fingerprint density at radius 2 is 1.58 bits per heavy atom. The largest absolute Gasteiger partial charge is 0.466 e. The van der Waals surface area contributed by atoms with E-state index in [1.54, 1.807) is 6.92 Å². The first-order chi connectivity index (χ1) is 15.9. The van der Waals surface area contributed by atoms with Gasteiger partial charge in [-0.3, -0.25) is 9.59 Å². The lowest BCUT2D eigenvalue weighted by Crippen LogP contribution is -2.45. The van der Waals surface area contributed by atoms with Crippen molar-refractivity contribution in [2.24, 2.45) is 0 Å².